The van der Waals surface area contributed by atoms with Gasteiger partial charge in [-0.25, -0.2) is 4.99 Å². The lowest BCUT2D eigenvalue weighted by molar-refractivity contribution is 0.0389. The number of rotatable bonds is 9. The number of aliphatic imine (C=N–C) groups is 1. The SMILES string of the molecule is Cc1nnc(CN=C(NCCN2CCOCC2)NCC2(Cc3ccccc3)CC2)n1C. The first-order valence-corrected chi connectivity index (χ1v) is 11.3. The molecule has 1 saturated heterocycles. The van der Waals surface area contributed by atoms with E-state index in [0.29, 0.717) is 12.0 Å². The van der Waals surface area contributed by atoms with E-state index in [1.165, 1.54) is 18.4 Å². The third kappa shape index (κ3) is 6.27. The van der Waals surface area contributed by atoms with Gasteiger partial charge in [-0.2, -0.15) is 0 Å². The number of hydrogen-bond acceptors (Lipinski definition) is 5. The number of ether oxygens (including phenoxy) is 1. The number of nitrogens with one attached hydrogen (secondary N) is 2. The first-order valence-electron chi connectivity index (χ1n) is 11.3. The Hall–Kier alpha value is -2.45. The van der Waals surface area contributed by atoms with Crippen LogP contribution < -0.4 is 10.6 Å². The standard InChI is InChI=1S/C23H35N7O/c1-19-27-28-21(29(19)2)17-25-22(24-10-11-30-12-14-31-15-13-30)26-18-23(8-9-23)16-20-6-4-3-5-7-20/h3-7H,8-18H2,1-2H3,(H2,24,25,26). The second kappa shape index (κ2) is 10.2. The fourth-order valence-electron chi connectivity index (χ4n) is 3.96. The second-order valence-electron chi connectivity index (χ2n) is 8.78. The molecule has 0 atom stereocenters. The highest BCUT2D eigenvalue weighted by Gasteiger charge is 2.42. The molecule has 2 fully saturated rings. The number of guanidine groups is 1. The molecule has 1 aliphatic carbocycles. The number of aryl methyl sites for hydroxylation is 1. The molecule has 1 saturated carbocycles. The summed E-state index contributed by atoms with van der Waals surface area (Å²) in [4.78, 5) is 7.25. The van der Waals surface area contributed by atoms with E-state index in [9.17, 15) is 0 Å². The lowest BCUT2D eigenvalue weighted by atomic mass is 9.96. The predicted octanol–water partition coefficient (Wildman–Crippen LogP) is 1.51. The van der Waals surface area contributed by atoms with Crippen LogP contribution in [0.5, 0.6) is 0 Å². The third-order valence-electron chi connectivity index (χ3n) is 6.40. The molecule has 8 heteroatoms. The summed E-state index contributed by atoms with van der Waals surface area (Å²) >= 11 is 0. The van der Waals surface area contributed by atoms with Crippen LogP contribution >= 0.6 is 0 Å². The van der Waals surface area contributed by atoms with Crippen LogP contribution in [0.3, 0.4) is 0 Å². The van der Waals surface area contributed by atoms with E-state index in [1.807, 2.05) is 18.5 Å². The minimum absolute atomic E-state index is 0.343. The average Bonchev–Trinajstić information content (AvgIpc) is 3.49. The van der Waals surface area contributed by atoms with Gasteiger partial charge in [0, 0.05) is 39.8 Å². The Balaban J connectivity index is 1.34. The van der Waals surface area contributed by atoms with E-state index in [-0.39, 0.29) is 0 Å². The van der Waals surface area contributed by atoms with Gasteiger partial charge in [0.15, 0.2) is 11.8 Å². The van der Waals surface area contributed by atoms with E-state index < -0.39 is 0 Å². The molecule has 31 heavy (non-hydrogen) atoms. The van der Waals surface area contributed by atoms with Crippen molar-refractivity contribution in [1.82, 2.24) is 30.3 Å². The maximum Gasteiger partial charge on any atom is 0.191 e. The summed E-state index contributed by atoms with van der Waals surface area (Å²) in [6, 6.07) is 10.8. The van der Waals surface area contributed by atoms with E-state index in [2.05, 4.69) is 56.1 Å². The van der Waals surface area contributed by atoms with Crippen molar-refractivity contribution in [2.24, 2.45) is 17.5 Å². The summed E-state index contributed by atoms with van der Waals surface area (Å²) in [7, 11) is 1.98. The van der Waals surface area contributed by atoms with Crippen LogP contribution in [-0.4, -0.2) is 71.6 Å². The molecule has 1 aromatic heterocycles. The third-order valence-corrected chi connectivity index (χ3v) is 6.40. The van der Waals surface area contributed by atoms with E-state index >= 15 is 0 Å². The van der Waals surface area contributed by atoms with E-state index in [4.69, 9.17) is 9.73 Å². The van der Waals surface area contributed by atoms with Crippen LogP contribution in [0.2, 0.25) is 0 Å². The number of nitrogens with zero attached hydrogens (tertiary/aromatic N) is 5. The van der Waals surface area contributed by atoms with Crippen LogP contribution in [0.15, 0.2) is 35.3 Å². The lowest BCUT2D eigenvalue weighted by Gasteiger charge is -2.27. The van der Waals surface area contributed by atoms with Crippen molar-refractivity contribution in [2.75, 3.05) is 45.9 Å². The lowest BCUT2D eigenvalue weighted by Crippen LogP contribution is -2.45. The van der Waals surface area contributed by atoms with Gasteiger partial charge in [-0.05, 0) is 37.2 Å². The summed E-state index contributed by atoms with van der Waals surface area (Å²) in [6.45, 7) is 8.90. The van der Waals surface area contributed by atoms with Gasteiger partial charge in [-0.3, -0.25) is 4.90 Å². The zero-order valence-electron chi connectivity index (χ0n) is 18.8. The molecule has 0 radical (unpaired) electrons. The fourth-order valence-corrected chi connectivity index (χ4v) is 3.96. The fraction of sp³-hybridized carbons (Fsp3) is 0.609. The number of hydrogen-bond donors (Lipinski definition) is 2. The van der Waals surface area contributed by atoms with Crippen molar-refractivity contribution in [3.63, 3.8) is 0 Å². The first-order chi connectivity index (χ1) is 15.1. The normalized spacial score (nSPS) is 18.7. The Morgan fingerprint density at radius 3 is 2.58 bits per heavy atom. The number of morpholine rings is 1. The maximum atomic E-state index is 5.45. The summed E-state index contributed by atoms with van der Waals surface area (Å²) in [5, 5.41) is 15.5. The molecular weight excluding hydrogens is 390 g/mol. The van der Waals surface area contributed by atoms with Crippen LogP contribution in [0.4, 0.5) is 0 Å². The Morgan fingerprint density at radius 2 is 1.90 bits per heavy atom. The molecule has 0 bridgehead atoms. The summed E-state index contributed by atoms with van der Waals surface area (Å²) < 4.78 is 7.44. The van der Waals surface area contributed by atoms with Crippen LogP contribution in [-0.2, 0) is 24.8 Å². The number of benzene rings is 1. The molecule has 168 valence electrons. The number of aromatic nitrogens is 3. The molecule has 4 rings (SSSR count). The smallest absolute Gasteiger partial charge is 0.191 e. The van der Waals surface area contributed by atoms with Gasteiger partial charge in [0.1, 0.15) is 12.4 Å². The van der Waals surface area contributed by atoms with Crippen molar-refractivity contribution in [3.05, 3.63) is 47.5 Å². The maximum absolute atomic E-state index is 5.45. The topological polar surface area (TPSA) is 79.6 Å². The average molecular weight is 426 g/mol. The Kier molecular flexibility index (Phi) is 7.19. The van der Waals surface area contributed by atoms with Gasteiger partial charge in [-0.15, -0.1) is 10.2 Å². The molecule has 1 aliphatic heterocycles. The Bertz CT molecular complexity index is 854. The Labute approximate surface area is 185 Å². The molecule has 0 amide bonds. The molecule has 2 heterocycles. The van der Waals surface area contributed by atoms with Gasteiger partial charge < -0.3 is 19.9 Å². The van der Waals surface area contributed by atoms with Gasteiger partial charge in [0.05, 0.1) is 13.2 Å². The summed E-state index contributed by atoms with van der Waals surface area (Å²) in [5.41, 5.74) is 1.75. The Morgan fingerprint density at radius 1 is 1.13 bits per heavy atom. The van der Waals surface area contributed by atoms with Gasteiger partial charge >= 0.3 is 0 Å². The van der Waals surface area contributed by atoms with Gasteiger partial charge in [0.25, 0.3) is 0 Å². The highest BCUT2D eigenvalue weighted by Crippen LogP contribution is 2.47. The second-order valence-corrected chi connectivity index (χ2v) is 8.78. The summed E-state index contributed by atoms with van der Waals surface area (Å²) in [6.07, 6.45) is 3.64. The van der Waals surface area contributed by atoms with Crippen molar-refractivity contribution >= 4 is 5.96 Å². The zero-order chi connectivity index (χ0) is 21.5. The highest BCUT2D eigenvalue weighted by atomic mass is 16.5. The van der Waals surface area contributed by atoms with Crippen molar-refractivity contribution in [2.45, 2.75) is 32.7 Å². The van der Waals surface area contributed by atoms with Crippen molar-refractivity contribution in [3.8, 4) is 0 Å². The van der Waals surface area contributed by atoms with Crippen molar-refractivity contribution in [1.29, 1.82) is 0 Å². The molecule has 2 N–H and O–H groups in total. The minimum atomic E-state index is 0.343. The van der Waals surface area contributed by atoms with E-state index in [0.717, 1.165) is 70.0 Å². The van der Waals surface area contributed by atoms with Gasteiger partial charge in [-0.1, -0.05) is 30.3 Å². The molecular formula is C23H35N7O. The molecule has 0 spiro atoms. The predicted molar refractivity (Wildman–Crippen MR) is 122 cm³/mol. The van der Waals surface area contributed by atoms with E-state index in [1.54, 1.807) is 0 Å². The molecule has 8 nitrogen and oxygen atoms in total. The summed E-state index contributed by atoms with van der Waals surface area (Å²) in [5.74, 6) is 2.63. The van der Waals surface area contributed by atoms with Crippen molar-refractivity contribution < 1.29 is 4.74 Å². The largest absolute Gasteiger partial charge is 0.379 e. The monoisotopic (exact) mass is 425 g/mol. The molecule has 2 aromatic rings. The minimum Gasteiger partial charge on any atom is -0.379 e. The zero-order valence-corrected chi connectivity index (χ0v) is 18.8. The highest BCUT2D eigenvalue weighted by molar-refractivity contribution is 5.79. The van der Waals surface area contributed by atoms with Crippen LogP contribution in [0.25, 0.3) is 0 Å². The quantitative estimate of drug-likeness (QED) is 0.468. The van der Waals surface area contributed by atoms with Crippen LogP contribution in [0.1, 0.15) is 30.1 Å². The molecule has 0 unspecified atom stereocenters. The first kappa shape index (κ1) is 21.8. The van der Waals surface area contributed by atoms with Gasteiger partial charge in [0.2, 0.25) is 0 Å². The molecule has 2 aliphatic rings. The molecule has 1 aromatic carbocycles. The van der Waals surface area contributed by atoms with Crippen LogP contribution in [0, 0.1) is 12.3 Å².